The third-order valence-electron chi connectivity index (χ3n) is 5.86. The number of carbonyl (C=O) groups is 1. The fourth-order valence-corrected chi connectivity index (χ4v) is 5.61. The van der Waals surface area contributed by atoms with Crippen LogP contribution in [0.5, 0.6) is 0 Å². The van der Waals surface area contributed by atoms with E-state index in [-0.39, 0.29) is 18.0 Å². The maximum atomic E-state index is 13.2. The maximum Gasteiger partial charge on any atom is 0.237 e. The Balaban J connectivity index is 1.28. The standard InChI is InChI=1S/C23H23ClN6OS/c24-18-6-3-4-16(10-18)8-9-25-23(31)21-12-19(30-15-26-27-28-30)13-29(21)14-20-11-17-5-1-2-7-22(17)32-20/h1-7,10-11,15,19,21H,8-9,12-14H2,(H,25,31)/t19-,21+/m1/s1. The lowest BCUT2D eigenvalue weighted by molar-refractivity contribution is -0.125. The number of benzene rings is 2. The Bertz CT molecular complexity index is 1180. The van der Waals surface area contributed by atoms with Gasteiger partial charge < -0.3 is 5.32 Å². The van der Waals surface area contributed by atoms with Crippen LogP contribution in [0.4, 0.5) is 0 Å². The Morgan fingerprint density at radius 1 is 1.19 bits per heavy atom. The topological polar surface area (TPSA) is 75.9 Å². The van der Waals surface area contributed by atoms with Gasteiger partial charge in [-0.15, -0.1) is 16.4 Å². The molecule has 0 saturated carbocycles. The molecule has 0 spiro atoms. The summed E-state index contributed by atoms with van der Waals surface area (Å²) in [4.78, 5) is 16.6. The number of fused-ring (bicyclic) bond motifs is 1. The smallest absolute Gasteiger partial charge is 0.237 e. The molecule has 2 atom stereocenters. The summed E-state index contributed by atoms with van der Waals surface area (Å²) in [7, 11) is 0. The summed E-state index contributed by atoms with van der Waals surface area (Å²) in [5.74, 6) is 0.0451. The van der Waals surface area contributed by atoms with Crippen LogP contribution >= 0.6 is 22.9 Å². The molecule has 1 aliphatic rings. The predicted octanol–water partition coefficient (Wildman–Crippen LogP) is 3.72. The molecule has 0 radical (unpaired) electrons. The summed E-state index contributed by atoms with van der Waals surface area (Å²) >= 11 is 7.85. The number of tetrazole rings is 1. The third-order valence-corrected chi connectivity index (χ3v) is 7.20. The first-order valence-electron chi connectivity index (χ1n) is 10.6. The van der Waals surface area contributed by atoms with Crippen LogP contribution in [0.2, 0.25) is 5.02 Å². The van der Waals surface area contributed by atoms with Gasteiger partial charge in [0.15, 0.2) is 0 Å². The Morgan fingerprint density at radius 2 is 2.09 bits per heavy atom. The fourth-order valence-electron chi connectivity index (χ4n) is 4.31. The first-order valence-corrected chi connectivity index (χ1v) is 11.8. The monoisotopic (exact) mass is 466 g/mol. The highest BCUT2D eigenvalue weighted by Gasteiger charge is 2.38. The van der Waals surface area contributed by atoms with Gasteiger partial charge in [0.25, 0.3) is 0 Å². The van der Waals surface area contributed by atoms with Crippen molar-refractivity contribution < 1.29 is 4.79 Å². The van der Waals surface area contributed by atoms with Crippen LogP contribution < -0.4 is 5.32 Å². The summed E-state index contributed by atoms with van der Waals surface area (Å²) < 4.78 is 3.03. The highest BCUT2D eigenvalue weighted by molar-refractivity contribution is 7.19. The highest BCUT2D eigenvalue weighted by atomic mass is 35.5. The Labute approximate surface area is 195 Å². The van der Waals surface area contributed by atoms with E-state index in [2.05, 4.69) is 56.1 Å². The van der Waals surface area contributed by atoms with Crippen molar-refractivity contribution in [2.45, 2.75) is 31.5 Å². The largest absolute Gasteiger partial charge is 0.354 e. The first-order chi connectivity index (χ1) is 15.7. The van der Waals surface area contributed by atoms with Crippen molar-refractivity contribution >= 4 is 38.9 Å². The molecule has 4 aromatic rings. The quantitative estimate of drug-likeness (QED) is 0.449. The first kappa shape index (κ1) is 21.1. The Morgan fingerprint density at radius 3 is 2.91 bits per heavy atom. The van der Waals surface area contributed by atoms with Crippen LogP contribution in [0.1, 0.15) is 22.9 Å². The maximum absolute atomic E-state index is 13.2. The minimum absolute atomic E-state index is 0.0451. The zero-order valence-corrected chi connectivity index (χ0v) is 19.0. The van der Waals surface area contributed by atoms with Gasteiger partial charge in [-0.2, -0.15) is 0 Å². The van der Waals surface area contributed by atoms with Crippen molar-refractivity contribution in [3.63, 3.8) is 0 Å². The predicted molar refractivity (Wildman–Crippen MR) is 126 cm³/mol. The summed E-state index contributed by atoms with van der Waals surface area (Å²) in [6, 6.07) is 18.2. The second-order valence-electron chi connectivity index (χ2n) is 8.05. The van der Waals surface area contributed by atoms with Crippen LogP contribution in [0.25, 0.3) is 10.1 Å². The van der Waals surface area contributed by atoms with Gasteiger partial charge in [0.05, 0.1) is 12.1 Å². The average molecular weight is 467 g/mol. The Hall–Kier alpha value is -2.81. The van der Waals surface area contributed by atoms with Crippen molar-refractivity contribution in [3.05, 3.63) is 76.4 Å². The van der Waals surface area contributed by atoms with E-state index in [9.17, 15) is 4.79 Å². The molecule has 9 heteroatoms. The molecular weight excluding hydrogens is 444 g/mol. The highest BCUT2D eigenvalue weighted by Crippen LogP contribution is 2.32. The van der Waals surface area contributed by atoms with Gasteiger partial charge in [0, 0.05) is 34.2 Å². The van der Waals surface area contributed by atoms with Crippen LogP contribution in [-0.4, -0.2) is 50.1 Å². The van der Waals surface area contributed by atoms with E-state index >= 15 is 0 Å². The number of nitrogens with zero attached hydrogens (tertiary/aromatic N) is 5. The molecule has 1 saturated heterocycles. The molecule has 1 fully saturated rings. The molecule has 1 amide bonds. The fraction of sp³-hybridized carbons (Fsp3) is 0.304. The molecule has 2 aromatic heterocycles. The summed E-state index contributed by atoms with van der Waals surface area (Å²) in [6.07, 6.45) is 3.05. The lowest BCUT2D eigenvalue weighted by Crippen LogP contribution is -2.43. The second-order valence-corrected chi connectivity index (χ2v) is 9.65. The number of amides is 1. The van der Waals surface area contributed by atoms with Crippen LogP contribution in [0, 0.1) is 0 Å². The van der Waals surface area contributed by atoms with Crippen molar-refractivity contribution in [3.8, 4) is 0 Å². The van der Waals surface area contributed by atoms with E-state index in [0.29, 0.717) is 18.0 Å². The third kappa shape index (κ3) is 4.67. The van der Waals surface area contributed by atoms with Crippen LogP contribution in [-0.2, 0) is 17.8 Å². The van der Waals surface area contributed by atoms with Gasteiger partial charge in [-0.25, -0.2) is 4.68 Å². The van der Waals surface area contributed by atoms with E-state index in [4.69, 9.17) is 11.6 Å². The number of halogens is 1. The van der Waals surface area contributed by atoms with E-state index in [1.54, 1.807) is 22.3 Å². The van der Waals surface area contributed by atoms with Gasteiger partial charge in [-0.1, -0.05) is 41.9 Å². The number of hydrogen-bond donors (Lipinski definition) is 1. The van der Waals surface area contributed by atoms with Gasteiger partial charge >= 0.3 is 0 Å². The van der Waals surface area contributed by atoms with Crippen molar-refractivity contribution in [2.75, 3.05) is 13.1 Å². The lowest BCUT2D eigenvalue weighted by atomic mass is 10.1. The molecule has 2 aromatic carbocycles. The number of rotatable bonds is 7. The molecule has 32 heavy (non-hydrogen) atoms. The van der Waals surface area contributed by atoms with E-state index in [1.807, 2.05) is 24.3 Å². The van der Waals surface area contributed by atoms with Gasteiger partial charge in [0.1, 0.15) is 6.33 Å². The summed E-state index contributed by atoms with van der Waals surface area (Å²) in [6.45, 7) is 2.03. The van der Waals surface area contributed by atoms with E-state index in [0.717, 1.165) is 25.1 Å². The number of hydrogen-bond acceptors (Lipinski definition) is 6. The molecule has 5 rings (SSSR count). The van der Waals surface area contributed by atoms with E-state index < -0.39 is 0 Å². The molecule has 1 aliphatic heterocycles. The second kappa shape index (κ2) is 9.36. The molecule has 0 unspecified atom stereocenters. The molecule has 7 nitrogen and oxygen atoms in total. The van der Waals surface area contributed by atoms with Crippen molar-refractivity contribution in [2.24, 2.45) is 0 Å². The zero-order chi connectivity index (χ0) is 21.9. The summed E-state index contributed by atoms with van der Waals surface area (Å²) in [5, 5.41) is 16.7. The van der Waals surface area contributed by atoms with Gasteiger partial charge in [0.2, 0.25) is 5.91 Å². The molecular formula is C23H23ClN6OS. The molecule has 164 valence electrons. The zero-order valence-electron chi connectivity index (χ0n) is 17.4. The molecule has 1 N–H and O–H groups in total. The Kier molecular flexibility index (Phi) is 6.16. The molecule has 0 bridgehead atoms. The van der Waals surface area contributed by atoms with Gasteiger partial charge in [-0.05, 0) is 58.5 Å². The van der Waals surface area contributed by atoms with Crippen LogP contribution in [0.3, 0.4) is 0 Å². The van der Waals surface area contributed by atoms with Crippen molar-refractivity contribution in [1.82, 2.24) is 30.4 Å². The number of nitrogens with one attached hydrogen (secondary N) is 1. The average Bonchev–Trinajstić information content (AvgIpc) is 3.53. The minimum atomic E-state index is -0.228. The molecule has 0 aliphatic carbocycles. The van der Waals surface area contributed by atoms with Crippen LogP contribution in [0.15, 0.2) is 60.9 Å². The number of thiophene rings is 1. The minimum Gasteiger partial charge on any atom is -0.354 e. The lowest BCUT2D eigenvalue weighted by Gasteiger charge is -2.22. The SMILES string of the molecule is O=C(NCCc1cccc(Cl)c1)[C@@H]1C[C@@H](n2cnnn2)CN1Cc1cc2ccccc2s1. The molecule has 3 heterocycles. The number of aromatic nitrogens is 4. The van der Waals surface area contributed by atoms with Gasteiger partial charge in [-0.3, -0.25) is 9.69 Å². The summed E-state index contributed by atoms with van der Waals surface area (Å²) in [5.41, 5.74) is 1.11. The van der Waals surface area contributed by atoms with Crippen molar-refractivity contribution in [1.29, 1.82) is 0 Å². The number of carbonyl (C=O) groups excluding carboxylic acids is 1. The number of likely N-dealkylation sites (tertiary alicyclic amines) is 1. The van der Waals surface area contributed by atoms with E-state index in [1.165, 1.54) is 15.0 Å². The normalized spacial score (nSPS) is 18.9.